The smallest absolute Gasteiger partial charge is 0.000517 e. The summed E-state index contributed by atoms with van der Waals surface area (Å²) >= 11 is 0. The van der Waals surface area contributed by atoms with Crippen LogP contribution in [-0.4, -0.2) is 38.6 Å². The van der Waals surface area contributed by atoms with Gasteiger partial charge in [-0.2, -0.15) is 0 Å². The summed E-state index contributed by atoms with van der Waals surface area (Å²) < 4.78 is 0. The van der Waals surface area contributed by atoms with Gasteiger partial charge in [-0.05, 0) is 51.9 Å². The first-order valence-corrected chi connectivity index (χ1v) is 5.48. The molecule has 0 radical (unpaired) electrons. The second-order valence-corrected chi connectivity index (χ2v) is 5.00. The molecule has 0 aliphatic heterocycles. The molecule has 0 saturated heterocycles. The van der Waals surface area contributed by atoms with Gasteiger partial charge in [-0.25, -0.2) is 0 Å². The minimum absolute atomic E-state index is 0.637. The monoisotopic (exact) mass is 184 g/mol. The summed E-state index contributed by atoms with van der Waals surface area (Å²) in [6.07, 6.45) is 5.56. The van der Waals surface area contributed by atoms with Crippen LogP contribution < -0.4 is 5.32 Å². The molecule has 0 atom stereocenters. The number of hydrogen-bond donors (Lipinski definition) is 1. The number of nitrogens with zero attached hydrogens (tertiary/aromatic N) is 1. The van der Waals surface area contributed by atoms with E-state index in [1.54, 1.807) is 0 Å². The molecule has 0 bridgehead atoms. The maximum atomic E-state index is 3.56. The van der Waals surface area contributed by atoms with E-state index in [4.69, 9.17) is 0 Å². The molecule has 0 unspecified atom stereocenters. The molecular formula is C11H24N2. The Bertz CT molecular complexity index is 139. The lowest BCUT2D eigenvalue weighted by molar-refractivity contribution is 0.156. The zero-order valence-electron chi connectivity index (χ0n) is 9.40. The van der Waals surface area contributed by atoms with E-state index in [-0.39, 0.29) is 0 Å². The van der Waals surface area contributed by atoms with Gasteiger partial charge in [-0.3, -0.25) is 0 Å². The SMILES string of the molecule is CN(C)CCCNCC1(C)CCC1. The number of nitrogens with one attached hydrogen (secondary N) is 1. The minimum Gasteiger partial charge on any atom is -0.316 e. The van der Waals surface area contributed by atoms with Gasteiger partial charge in [-0.1, -0.05) is 13.3 Å². The van der Waals surface area contributed by atoms with Crippen LogP contribution in [0, 0.1) is 5.41 Å². The van der Waals surface area contributed by atoms with Crippen molar-refractivity contribution >= 4 is 0 Å². The highest BCUT2D eigenvalue weighted by Gasteiger charge is 2.30. The van der Waals surface area contributed by atoms with E-state index < -0.39 is 0 Å². The molecule has 1 rings (SSSR count). The summed E-state index contributed by atoms with van der Waals surface area (Å²) in [4.78, 5) is 2.24. The Morgan fingerprint density at radius 1 is 1.31 bits per heavy atom. The van der Waals surface area contributed by atoms with Crippen LogP contribution in [0.15, 0.2) is 0 Å². The standard InChI is InChI=1S/C11H24N2/c1-11(6-4-7-11)10-12-8-5-9-13(2)3/h12H,4-10H2,1-3H3. The van der Waals surface area contributed by atoms with E-state index in [9.17, 15) is 0 Å². The van der Waals surface area contributed by atoms with Gasteiger partial charge in [0.1, 0.15) is 0 Å². The predicted molar refractivity (Wildman–Crippen MR) is 58.0 cm³/mol. The largest absolute Gasteiger partial charge is 0.316 e. The van der Waals surface area contributed by atoms with Gasteiger partial charge in [0.15, 0.2) is 0 Å². The van der Waals surface area contributed by atoms with Crippen molar-refractivity contribution in [3.8, 4) is 0 Å². The molecule has 1 saturated carbocycles. The summed E-state index contributed by atoms with van der Waals surface area (Å²) in [6, 6.07) is 0. The molecule has 0 heterocycles. The van der Waals surface area contributed by atoms with E-state index >= 15 is 0 Å². The van der Waals surface area contributed by atoms with Crippen LogP contribution in [0.1, 0.15) is 32.6 Å². The fourth-order valence-corrected chi connectivity index (χ4v) is 1.87. The van der Waals surface area contributed by atoms with Crippen molar-refractivity contribution in [1.82, 2.24) is 10.2 Å². The molecule has 1 aliphatic carbocycles. The first-order valence-electron chi connectivity index (χ1n) is 5.48. The average molecular weight is 184 g/mol. The molecule has 2 nitrogen and oxygen atoms in total. The van der Waals surface area contributed by atoms with Gasteiger partial charge in [0.05, 0.1) is 0 Å². The lowest BCUT2D eigenvalue weighted by Gasteiger charge is -2.38. The second kappa shape index (κ2) is 4.97. The third-order valence-corrected chi connectivity index (χ3v) is 3.07. The summed E-state index contributed by atoms with van der Waals surface area (Å²) in [5.74, 6) is 0. The Morgan fingerprint density at radius 3 is 2.46 bits per heavy atom. The minimum atomic E-state index is 0.637. The van der Waals surface area contributed by atoms with Crippen molar-refractivity contribution < 1.29 is 0 Å². The fraction of sp³-hybridized carbons (Fsp3) is 1.00. The Kier molecular flexibility index (Phi) is 4.20. The Hall–Kier alpha value is -0.0800. The third kappa shape index (κ3) is 4.10. The van der Waals surface area contributed by atoms with Gasteiger partial charge >= 0.3 is 0 Å². The van der Waals surface area contributed by atoms with Crippen molar-refractivity contribution in [3.05, 3.63) is 0 Å². The van der Waals surface area contributed by atoms with Gasteiger partial charge in [0.25, 0.3) is 0 Å². The average Bonchev–Trinajstić information content (AvgIpc) is 2.00. The van der Waals surface area contributed by atoms with E-state index in [0.29, 0.717) is 5.41 Å². The highest BCUT2D eigenvalue weighted by molar-refractivity contribution is 4.84. The lowest BCUT2D eigenvalue weighted by atomic mass is 9.70. The van der Waals surface area contributed by atoms with Gasteiger partial charge in [0.2, 0.25) is 0 Å². The van der Waals surface area contributed by atoms with Crippen LogP contribution in [0.25, 0.3) is 0 Å². The van der Waals surface area contributed by atoms with Crippen molar-refractivity contribution in [1.29, 1.82) is 0 Å². The van der Waals surface area contributed by atoms with Gasteiger partial charge < -0.3 is 10.2 Å². The van der Waals surface area contributed by atoms with E-state index in [2.05, 4.69) is 31.2 Å². The first-order chi connectivity index (χ1) is 6.12. The molecule has 2 heteroatoms. The summed E-state index contributed by atoms with van der Waals surface area (Å²) in [7, 11) is 4.26. The molecule has 0 aromatic rings. The van der Waals surface area contributed by atoms with Gasteiger partial charge in [0, 0.05) is 6.54 Å². The molecule has 0 amide bonds. The zero-order valence-corrected chi connectivity index (χ0v) is 9.40. The molecule has 1 fully saturated rings. The van der Waals surface area contributed by atoms with Crippen LogP contribution in [0.3, 0.4) is 0 Å². The van der Waals surface area contributed by atoms with Crippen LogP contribution in [0.5, 0.6) is 0 Å². The number of hydrogen-bond acceptors (Lipinski definition) is 2. The van der Waals surface area contributed by atoms with Crippen LogP contribution in [0.4, 0.5) is 0 Å². The first kappa shape index (κ1) is 11.0. The summed E-state index contributed by atoms with van der Waals surface area (Å²) in [5, 5.41) is 3.56. The molecular weight excluding hydrogens is 160 g/mol. The topological polar surface area (TPSA) is 15.3 Å². The maximum Gasteiger partial charge on any atom is 0.000517 e. The molecule has 1 N–H and O–H groups in total. The second-order valence-electron chi connectivity index (χ2n) is 5.00. The van der Waals surface area contributed by atoms with Crippen LogP contribution >= 0.6 is 0 Å². The molecule has 78 valence electrons. The highest BCUT2D eigenvalue weighted by Crippen LogP contribution is 2.39. The van der Waals surface area contributed by atoms with Crippen LogP contribution in [0.2, 0.25) is 0 Å². The molecule has 0 aromatic carbocycles. The Labute approximate surface area is 82.7 Å². The van der Waals surface area contributed by atoms with E-state index in [1.165, 1.54) is 45.3 Å². The van der Waals surface area contributed by atoms with Crippen molar-refractivity contribution in [2.45, 2.75) is 32.6 Å². The predicted octanol–water partition coefficient (Wildman–Crippen LogP) is 1.72. The molecule has 0 aromatic heterocycles. The summed E-state index contributed by atoms with van der Waals surface area (Å²) in [5.41, 5.74) is 0.637. The zero-order chi connectivity index (χ0) is 9.73. The van der Waals surface area contributed by atoms with Crippen LogP contribution in [-0.2, 0) is 0 Å². The molecule has 1 aliphatic rings. The Balaban J connectivity index is 1.89. The van der Waals surface area contributed by atoms with Crippen molar-refractivity contribution in [2.75, 3.05) is 33.7 Å². The lowest BCUT2D eigenvalue weighted by Crippen LogP contribution is -2.38. The third-order valence-electron chi connectivity index (χ3n) is 3.07. The summed E-state index contributed by atoms with van der Waals surface area (Å²) in [6.45, 7) is 5.99. The molecule has 0 spiro atoms. The van der Waals surface area contributed by atoms with E-state index in [0.717, 1.165) is 0 Å². The van der Waals surface area contributed by atoms with E-state index in [1.807, 2.05) is 0 Å². The van der Waals surface area contributed by atoms with Crippen molar-refractivity contribution in [3.63, 3.8) is 0 Å². The fourth-order valence-electron chi connectivity index (χ4n) is 1.87. The highest BCUT2D eigenvalue weighted by atomic mass is 15.1. The van der Waals surface area contributed by atoms with Crippen molar-refractivity contribution in [2.24, 2.45) is 5.41 Å². The van der Waals surface area contributed by atoms with Gasteiger partial charge in [-0.15, -0.1) is 0 Å². The molecule has 13 heavy (non-hydrogen) atoms. The number of rotatable bonds is 6. The normalized spacial score (nSPS) is 20.3. The Morgan fingerprint density at radius 2 is 2.00 bits per heavy atom. The quantitative estimate of drug-likeness (QED) is 0.632. The maximum absolute atomic E-state index is 3.56.